The number of hydrogen-bond acceptors (Lipinski definition) is 4. The molecule has 0 aliphatic carbocycles. The highest BCUT2D eigenvalue weighted by Gasteiger charge is 2.21. The third-order valence-electron chi connectivity index (χ3n) is 3.36. The van der Waals surface area contributed by atoms with E-state index in [1.54, 1.807) is 12.1 Å². The molecule has 0 saturated carbocycles. The largest absolute Gasteiger partial charge is 0.332 e. The molecule has 0 aromatic heterocycles. The van der Waals surface area contributed by atoms with Crippen LogP contribution in [0.2, 0.25) is 0 Å². The second-order valence-corrected chi connectivity index (χ2v) is 5.36. The summed E-state index contributed by atoms with van der Waals surface area (Å²) < 4.78 is 0. The first-order chi connectivity index (χ1) is 11.3. The van der Waals surface area contributed by atoms with Crippen molar-refractivity contribution >= 4 is 34.7 Å². The standard InChI is InChI=1S/C17H15N5S/c18-12-13-5-4-8-15(11-13)21-17(23)22-10-9-19-16(22)20-14-6-2-1-3-7-14/h1-8,11H,9-10H2,(H,19,20)(H,21,23). The highest BCUT2D eigenvalue weighted by atomic mass is 32.1. The van der Waals surface area contributed by atoms with Crippen LogP contribution >= 0.6 is 12.2 Å². The quantitative estimate of drug-likeness (QED) is 0.833. The van der Waals surface area contributed by atoms with Crippen LogP contribution in [0.3, 0.4) is 0 Å². The Balaban J connectivity index is 1.69. The van der Waals surface area contributed by atoms with Crippen LogP contribution in [0.25, 0.3) is 0 Å². The maximum absolute atomic E-state index is 8.96. The Kier molecular flexibility index (Phi) is 4.50. The van der Waals surface area contributed by atoms with E-state index in [2.05, 4.69) is 21.7 Å². The molecule has 0 bridgehead atoms. The van der Waals surface area contributed by atoms with Crippen LogP contribution < -0.4 is 10.6 Å². The van der Waals surface area contributed by atoms with Gasteiger partial charge in [-0.1, -0.05) is 24.3 Å². The van der Waals surface area contributed by atoms with Crippen molar-refractivity contribution in [3.8, 4) is 6.07 Å². The minimum Gasteiger partial charge on any atom is -0.332 e. The van der Waals surface area contributed by atoms with Crippen molar-refractivity contribution in [2.24, 2.45) is 4.99 Å². The predicted molar refractivity (Wildman–Crippen MR) is 96.5 cm³/mol. The van der Waals surface area contributed by atoms with Crippen LogP contribution in [-0.2, 0) is 0 Å². The Morgan fingerprint density at radius 3 is 2.70 bits per heavy atom. The number of rotatable bonds is 2. The summed E-state index contributed by atoms with van der Waals surface area (Å²) in [6.45, 7) is 1.41. The van der Waals surface area contributed by atoms with Crippen LogP contribution in [0.4, 0.5) is 11.4 Å². The van der Waals surface area contributed by atoms with Crippen LogP contribution in [0.5, 0.6) is 0 Å². The van der Waals surface area contributed by atoms with Gasteiger partial charge in [0.1, 0.15) is 0 Å². The average molecular weight is 321 g/mol. The molecule has 1 aliphatic heterocycles. The zero-order chi connectivity index (χ0) is 16.1. The molecule has 2 N–H and O–H groups in total. The van der Waals surface area contributed by atoms with Crippen LogP contribution in [0, 0.1) is 11.3 Å². The fraction of sp³-hybridized carbons (Fsp3) is 0.118. The number of benzene rings is 2. The SMILES string of the molecule is N#Cc1cccc(NC(=S)N2CCN=C2Nc2ccccc2)c1. The minimum absolute atomic E-state index is 0.555. The molecule has 6 heteroatoms. The minimum atomic E-state index is 0.555. The third kappa shape index (κ3) is 3.65. The maximum atomic E-state index is 8.96. The lowest BCUT2D eigenvalue weighted by molar-refractivity contribution is 0.674. The second kappa shape index (κ2) is 6.90. The van der Waals surface area contributed by atoms with E-state index in [1.807, 2.05) is 47.4 Å². The summed E-state index contributed by atoms with van der Waals surface area (Å²) in [5.74, 6) is 0.727. The molecule has 0 radical (unpaired) electrons. The topological polar surface area (TPSA) is 63.5 Å². The van der Waals surface area contributed by atoms with Crippen molar-refractivity contribution < 1.29 is 0 Å². The van der Waals surface area contributed by atoms with Crippen molar-refractivity contribution in [3.63, 3.8) is 0 Å². The number of aliphatic imine (C=N–C) groups is 1. The molecule has 1 aliphatic rings. The van der Waals surface area contributed by atoms with Crippen LogP contribution in [-0.4, -0.2) is 29.1 Å². The monoisotopic (exact) mass is 321 g/mol. The van der Waals surface area contributed by atoms with Gasteiger partial charge in [-0.2, -0.15) is 5.26 Å². The molecule has 2 aromatic carbocycles. The van der Waals surface area contributed by atoms with Gasteiger partial charge in [0.05, 0.1) is 18.2 Å². The first-order valence-electron chi connectivity index (χ1n) is 7.21. The number of para-hydroxylation sites is 1. The molecular formula is C17H15N5S. The molecular weight excluding hydrogens is 306 g/mol. The normalized spacial score (nSPS) is 13.2. The lowest BCUT2D eigenvalue weighted by atomic mass is 10.2. The fourth-order valence-corrected chi connectivity index (χ4v) is 2.56. The number of anilines is 2. The summed E-state index contributed by atoms with van der Waals surface area (Å²) in [4.78, 5) is 6.38. The Bertz CT molecular complexity index is 779. The lowest BCUT2D eigenvalue weighted by Crippen LogP contribution is -2.40. The van der Waals surface area contributed by atoms with Gasteiger partial charge in [0.15, 0.2) is 5.11 Å². The van der Waals surface area contributed by atoms with Gasteiger partial charge < -0.3 is 10.6 Å². The molecule has 114 valence electrons. The lowest BCUT2D eigenvalue weighted by Gasteiger charge is -2.22. The number of nitriles is 1. The summed E-state index contributed by atoms with van der Waals surface area (Å²) in [7, 11) is 0. The van der Waals surface area contributed by atoms with Gasteiger partial charge in [0.2, 0.25) is 5.96 Å². The fourth-order valence-electron chi connectivity index (χ4n) is 2.26. The number of nitrogens with zero attached hydrogens (tertiary/aromatic N) is 3. The Morgan fingerprint density at radius 1 is 1.13 bits per heavy atom. The van der Waals surface area contributed by atoms with Gasteiger partial charge in [0.25, 0.3) is 0 Å². The van der Waals surface area contributed by atoms with E-state index < -0.39 is 0 Å². The Labute approximate surface area is 140 Å². The van der Waals surface area contributed by atoms with Gasteiger partial charge in [-0.05, 0) is 42.5 Å². The van der Waals surface area contributed by atoms with Gasteiger partial charge in [-0.25, -0.2) is 0 Å². The third-order valence-corrected chi connectivity index (χ3v) is 3.68. The molecule has 0 unspecified atom stereocenters. The smallest absolute Gasteiger partial charge is 0.204 e. The molecule has 3 rings (SSSR count). The van der Waals surface area contributed by atoms with E-state index in [-0.39, 0.29) is 0 Å². The first kappa shape index (κ1) is 15.0. The molecule has 0 atom stereocenters. The van der Waals surface area contributed by atoms with E-state index in [0.29, 0.717) is 17.2 Å². The molecule has 0 saturated heterocycles. The van der Waals surface area contributed by atoms with Gasteiger partial charge >= 0.3 is 0 Å². The highest BCUT2D eigenvalue weighted by molar-refractivity contribution is 7.80. The summed E-state index contributed by atoms with van der Waals surface area (Å²) in [5.41, 5.74) is 2.35. The van der Waals surface area contributed by atoms with Gasteiger partial charge in [-0.15, -0.1) is 0 Å². The molecule has 0 spiro atoms. The Hall–Kier alpha value is -2.91. The van der Waals surface area contributed by atoms with Crippen molar-refractivity contribution in [1.82, 2.24) is 4.90 Å². The van der Waals surface area contributed by atoms with E-state index in [9.17, 15) is 0 Å². The maximum Gasteiger partial charge on any atom is 0.204 e. The van der Waals surface area contributed by atoms with Gasteiger partial charge in [0, 0.05) is 17.9 Å². The van der Waals surface area contributed by atoms with Gasteiger partial charge in [-0.3, -0.25) is 9.89 Å². The van der Waals surface area contributed by atoms with E-state index >= 15 is 0 Å². The molecule has 0 fully saturated rings. The van der Waals surface area contributed by atoms with E-state index in [0.717, 1.165) is 23.9 Å². The first-order valence-corrected chi connectivity index (χ1v) is 7.62. The van der Waals surface area contributed by atoms with Crippen molar-refractivity contribution in [1.29, 1.82) is 5.26 Å². The Morgan fingerprint density at radius 2 is 1.91 bits per heavy atom. The second-order valence-electron chi connectivity index (χ2n) is 4.97. The predicted octanol–water partition coefficient (Wildman–Crippen LogP) is 3.04. The molecule has 5 nitrogen and oxygen atoms in total. The molecule has 2 aromatic rings. The zero-order valence-corrected chi connectivity index (χ0v) is 13.2. The van der Waals surface area contributed by atoms with Crippen molar-refractivity contribution in [3.05, 3.63) is 60.2 Å². The summed E-state index contributed by atoms with van der Waals surface area (Å²) in [6, 6.07) is 19.2. The molecule has 23 heavy (non-hydrogen) atoms. The number of hydrogen-bond donors (Lipinski definition) is 2. The highest BCUT2D eigenvalue weighted by Crippen LogP contribution is 2.14. The van der Waals surface area contributed by atoms with E-state index in [1.165, 1.54) is 0 Å². The summed E-state index contributed by atoms with van der Waals surface area (Å²) in [6.07, 6.45) is 0. The molecule has 1 heterocycles. The van der Waals surface area contributed by atoms with Crippen LogP contribution in [0.15, 0.2) is 59.6 Å². The average Bonchev–Trinajstić information content (AvgIpc) is 3.04. The molecule has 0 amide bonds. The number of nitrogens with one attached hydrogen (secondary N) is 2. The zero-order valence-electron chi connectivity index (χ0n) is 12.4. The van der Waals surface area contributed by atoms with E-state index in [4.69, 9.17) is 17.5 Å². The number of thiocarbonyl (C=S) groups is 1. The number of guanidine groups is 1. The summed E-state index contributed by atoms with van der Waals surface area (Å²) in [5, 5.41) is 16.0. The van der Waals surface area contributed by atoms with Crippen molar-refractivity contribution in [2.75, 3.05) is 23.7 Å². The summed E-state index contributed by atoms with van der Waals surface area (Å²) >= 11 is 5.48. The van der Waals surface area contributed by atoms with Crippen molar-refractivity contribution in [2.45, 2.75) is 0 Å². The van der Waals surface area contributed by atoms with Crippen LogP contribution in [0.1, 0.15) is 5.56 Å².